The normalized spacial score (nSPS) is 18.2. The first-order chi connectivity index (χ1) is 14.0. The highest BCUT2D eigenvalue weighted by molar-refractivity contribution is 8.17. The average molecular weight is 414 g/mol. The molecule has 0 spiro atoms. The molecule has 152 valence electrons. The highest BCUT2D eigenvalue weighted by Gasteiger charge is 2.42. The number of aliphatic imine (C=N–C) groups is 1. The van der Waals surface area contributed by atoms with E-state index in [-0.39, 0.29) is 5.82 Å². The van der Waals surface area contributed by atoms with Gasteiger partial charge < -0.3 is 19.9 Å². The van der Waals surface area contributed by atoms with Crippen molar-refractivity contribution in [2.75, 3.05) is 20.3 Å². The van der Waals surface area contributed by atoms with Gasteiger partial charge in [-0.3, -0.25) is 4.90 Å². The molecule has 29 heavy (non-hydrogen) atoms. The highest BCUT2D eigenvalue weighted by atomic mass is 32.2. The Labute approximate surface area is 173 Å². The molecule has 1 atom stereocenters. The Morgan fingerprint density at radius 2 is 2.00 bits per heavy atom. The third-order valence-electron chi connectivity index (χ3n) is 4.47. The lowest BCUT2D eigenvalue weighted by Gasteiger charge is -2.35. The van der Waals surface area contributed by atoms with Crippen molar-refractivity contribution >= 4 is 22.9 Å². The minimum absolute atomic E-state index is 0.252. The van der Waals surface area contributed by atoms with Crippen molar-refractivity contribution in [3.8, 4) is 17.6 Å². The molecular weight excluding hydrogens is 392 g/mol. The zero-order valence-electron chi connectivity index (χ0n) is 16.7. The first kappa shape index (κ1) is 20.6. The number of nitrogens with zero attached hydrogens (tertiary/aromatic N) is 3. The number of fused-ring (bicyclic) bond motifs is 1. The van der Waals surface area contributed by atoms with Gasteiger partial charge in [-0.1, -0.05) is 6.07 Å². The van der Waals surface area contributed by atoms with Gasteiger partial charge in [0.25, 0.3) is 0 Å². The smallest absolute Gasteiger partial charge is 0.338 e. The zero-order chi connectivity index (χ0) is 21.1. The van der Waals surface area contributed by atoms with Gasteiger partial charge in [0.2, 0.25) is 0 Å². The molecule has 0 bridgehead atoms. The molecule has 3 rings (SSSR count). The number of hydrogen-bond donors (Lipinski definition) is 1. The van der Waals surface area contributed by atoms with Gasteiger partial charge in [-0.25, -0.2) is 9.79 Å². The van der Waals surface area contributed by atoms with Gasteiger partial charge in [0.15, 0.2) is 16.7 Å². The van der Waals surface area contributed by atoms with Crippen molar-refractivity contribution in [2.24, 2.45) is 10.7 Å². The molecule has 0 fully saturated rings. The van der Waals surface area contributed by atoms with Crippen molar-refractivity contribution in [1.82, 2.24) is 4.90 Å². The lowest BCUT2D eigenvalue weighted by Crippen LogP contribution is -2.38. The van der Waals surface area contributed by atoms with Crippen LogP contribution in [-0.2, 0) is 9.53 Å². The zero-order valence-corrected chi connectivity index (χ0v) is 17.5. The fraction of sp³-hybridized carbons (Fsp3) is 0.350. The van der Waals surface area contributed by atoms with Crippen LogP contribution in [-0.4, -0.2) is 36.4 Å². The van der Waals surface area contributed by atoms with E-state index in [9.17, 15) is 10.1 Å². The molecule has 0 unspecified atom stereocenters. The van der Waals surface area contributed by atoms with E-state index in [1.807, 2.05) is 26.0 Å². The summed E-state index contributed by atoms with van der Waals surface area (Å²) in [5.74, 6) is 0.917. The molecule has 0 saturated heterocycles. The summed E-state index contributed by atoms with van der Waals surface area (Å²) in [4.78, 5) is 19.1. The maximum atomic E-state index is 12.6. The largest absolute Gasteiger partial charge is 0.490 e. The lowest BCUT2D eigenvalue weighted by atomic mass is 9.94. The minimum Gasteiger partial charge on any atom is -0.490 e. The molecule has 1 aromatic rings. The molecular formula is C20H22N4O4S. The molecule has 2 N–H and O–H groups in total. The van der Waals surface area contributed by atoms with Crippen molar-refractivity contribution in [1.29, 1.82) is 5.26 Å². The van der Waals surface area contributed by atoms with E-state index in [1.54, 1.807) is 17.9 Å². The molecule has 8 nitrogen and oxygen atoms in total. The second-order valence-corrected chi connectivity index (χ2v) is 7.14. The Hall–Kier alpha value is -3.12. The number of amidine groups is 1. The van der Waals surface area contributed by atoms with Crippen LogP contribution in [0.25, 0.3) is 0 Å². The molecule has 0 aliphatic carbocycles. The summed E-state index contributed by atoms with van der Waals surface area (Å²) in [6.07, 6.45) is 0. The van der Waals surface area contributed by atoms with E-state index < -0.39 is 12.0 Å². The number of nitriles is 1. The third-order valence-corrected chi connectivity index (χ3v) is 5.44. The van der Waals surface area contributed by atoms with E-state index in [2.05, 4.69) is 11.1 Å². The molecule has 0 saturated carbocycles. The van der Waals surface area contributed by atoms with Crippen molar-refractivity contribution < 1.29 is 19.0 Å². The molecule has 2 heterocycles. The monoisotopic (exact) mass is 414 g/mol. The van der Waals surface area contributed by atoms with Crippen molar-refractivity contribution in [2.45, 2.75) is 26.8 Å². The minimum atomic E-state index is -0.608. The highest BCUT2D eigenvalue weighted by Crippen LogP contribution is 2.46. The first-order valence-electron chi connectivity index (χ1n) is 9.10. The maximum absolute atomic E-state index is 12.6. The number of hydrogen-bond acceptors (Lipinski definition) is 9. The Bertz CT molecular complexity index is 977. The van der Waals surface area contributed by atoms with Crippen LogP contribution in [0.3, 0.4) is 0 Å². The standard InChI is InChI=1S/C20H22N4O4S/c1-5-27-13-8-7-12(9-14(13)28-6-2)17-16(19(25)26-4)11(3)23-20-24(17)18(22)15(10-21)29-20/h7-9,17H,5-6,22H2,1-4H3/t17-/m1/s1. The van der Waals surface area contributed by atoms with Crippen LogP contribution in [0.2, 0.25) is 0 Å². The van der Waals surface area contributed by atoms with Gasteiger partial charge in [0.05, 0.1) is 37.6 Å². The molecule has 1 aromatic carbocycles. The molecule has 2 aliphatic heterocycles. The second-order valence-electron chi connectivity index (χ2n) is 6.16. The van der Waals surface area contributed by atoms with Crippen LogP contribution in [0.1, 0.15) is 32.4 Å². The second kappa shape index (κ2) is 8.49. The summed E-state index contributed by atoms with van der Waals surface area (Å²) in [5.41, 5.74) is 7.85. The van der Waals surface area contributed by atoms with E-state index in [0.29, 0.717) is 46.1 Å². The van der Waals surface area contributed by atoms with Crippen LogP contribution in [0, 0.1) is 11.3 Å². The predicted molar refractivity (Wildman–Crippen MR) is 110 cm³/mol. The fourth-order valence-electron chi connectivity index (χ4n) is 3.26. The SMILES string of the molecule is CCOc1ccc([C@@H]2C(C(=O)OC)=C(C)N=C3SC(C#N)=C(N)N32)cc1OCC. The van der Waals surface area contributed by atoms with Crippen molar-refractivity contribution in [3.05, 3.63) is 45.8 Å². The van der Waals surface area contributed by atoms with Gasteiger partial charge in [-0.15, -0.1) is 0 Å². The number of nitrogens with two attached hydrogens (primary N) is 1. The number of thioether (sulfide) groups is 1. The van der Waals surface area contributed by atoms with Crippen LogP contribution in [0.4, 0.5) is 0 Å². The summed E-state index contributed by atoms with van der Waals surface area (Å²) in [7, 11) is 1.32. The fourth-order valence-corrected chi connectivity index (χ4v) is 4.18. The van der Waals surface area contributed by atoms with E-state index in [1.165, 1.54) is 18.9 Å². The van der Waals surface area contributed by atoms with Gasteiger partial charge in [-0.2, -0.15) is 5.26 Å². The van der Waals surface area contributed by atoms with Gasteiger partial charge in [0.1, 0.15) is 16.8 Å². The lowest BCUT2D eigenvalue weighted by molar-refractivity contribution is -0.136. The summed E-state index contributed by atoms with van der Waals surface area (Å²) in [5, 5.41) is 9.95. The molecule has 2 aliphatic rings. The summed E-state index contributed by atoms with van der Waals surface area (Å²) in [6, 6.07) is 6.95. The van der Waals surface area contributed by atoms with Crippen molar-refractivity contribution in [3.63, 3.8) is 0 Å². The van der Waals surface area contributed by atoms with Crippen LogP contribution < -0.4 is 15.2 Å². The van der Waals surface area contributed by atoms with E-state index in [4.69, 9.17) is 19.9 Å². The van der Waals surface area contributed by atoms with Crippen LogP contribution >= 0.6 is 11.8 Å². The van der Waals surface area contributed by atoms with E-state index >= 15 is 0 Å². The number of esters is 1. The Balaban J connectivity index is 2.19. The maximum Gasteiger partial charge on any atom is 0.338 e. The number of carbonyl (C=O) groups excluding carboxylic acids is 1. The Morgan fingerprint density at radius 3 is 2.62 bits per heavy atom. The number of allylic oxidation sites excluding steroid dienone is 2. The topological polar surface area (TPSA) is 110 Å². The number of rotatable bonds is 6. The third kappa shape index (κ3) is 3.63. The number of benzene rings is 1. The molecule has 9 heteroatoms. The van der Waals surface area contributed by atoms with Crippen LogP contribution in [0.15, 0.2) is 45.2 Å². The number of ether oxygens (including phenoxy) is 3. The number of methoxy groups -OCH3 is 1. The first-order valence-corrected chi connectivity index (χ1v) is 9.92. The van der Waals surface area contributed by atoms with Gasteiger partial charge in [0, 0.05) is 0 Å². The summed E-state index contributed by atoms with van der Waals surface area (Å²) < 4.78 is 16.4. The summed E-state index contributed by atoms with van der Waals surface area (Å²) >= 11 is 1.18. The Kier molecular flexibility index (Phi) is 6.03. The van der Waals surface area contributed by atoms with Crippen LogP contribution in [0.5, 0.6) is 11.5 Å². The molecule has 0 aromatic heterocycles. The Morgan fingerprint density at radius 1 is 1.31 bits per heavy atom. The molecule has 0 radical (unpaired) electrons. The van der Waals surface area contributed by atoms with Gasteiger partial charge in [-0.05, 0) is 50.2 Å². The summed E-state index contributed by atoms with van der Waals surface area (Å²) in [6.45, 7) is 6.47. The predicted octanol–water partition coefficient (Wildman–Crippen LogP) is 3.04. The van der Waals surface area contributed by atoms with E-state index in [0.717, 1.165) is 5.56 Å². The quantitative estimate of drug-likeness (QED) is 0.707. The van der Waals surface area contributed by atoms with Gasteiger partial charge >= 0.3 is 5.97 Å². The number of carbonyl (C=O) groups is 1. The average Bonchev–Trinajstić information content (AvgIpc) is 3.03. The molecule has 0 amide bonds.